The van der Waals surface area contributed by atoms with E-state index in [2.05, 4.69) is 20.2 Å². The van der Waals surface area contributed by atoms with Crippen molar-refractivity contribution in [3.05, 3.63) is 36.0 Å². The fourth-order valence-corrected chi connectivity index (χ4v) is 2.37. The van der Waals surface area contributed by atoms with Gasteiger partial charge in [0.2, 0.25) is 0 Å². The van der Waals surface area contributed by atoms with Crippen LogP contribution in [0.1, 0.15) is 5.69 Å². The molecule has 7 nitrogen and oxygen atoms in total. The zero-order chi connectivity index (χ0) is 14.3. The molecule has 2 aromatic heterocycles. The molecule has 0 fully saturated rings. The second-order valence-corrected chi connectivity index (χ2v) is 5.81. The number of H-pyrrole nitrogens is 1. The summed E-state index contributed by atoms with van der Waals surface area (Å²) in [6.07, 6.45) is 0. The topological polar surface area (TPSA) is 115 Å². The molecular formula is C12H11N5O2S. The van der Waals surface area contributed by atoms with Crippen molar-refractivity contribution in [1.82, 2.24) is 20.2 Å². The molecule has 2 heterocycles. The molecule has 1 aromatic carbocycles. The van der Waals surface area contributed by atoms with Gasteiger partial charge >= 0.3 is 0 Å². The molecule has 20 heavy (non-hydrogen) atoms. The quantitative estimate of drug-likeness (QED) is 0.729. The van der Waals surface area contributed by atoms with E-state index < -0.39 is 10.0 Å². The van der Waals surface area contributed by atoms with Gasteiger partial charge in [-0.1, -0.05) is 18.2 Å². The van der Waals surface area contributed by atoms with Gasteiger partial charge in [0.1, 0.15) is 0 Å². The van der Waals surface area contributed by atoms with E-state index in [1.165, 1.54) is 0 Å². The molecule has 3 N–H and O–H groups in total. The maximum atomic E-state index is 11.2. The van der Waals surface area contributed by atoms with E-state index in [0.717, 1.165) is 16.6 Å². The first kappa shape index (κ1) is 12.7. The number of para-hydroxylation sites is 1. The highest BCUT2D eigenvalue weighted by molar-refractivity contribution is 7.89. The summed E-state index contributed by atoms with van der Waals surface area (Å²) in [6.45, 7) is 1.85. The van der Waals surface area contributed by atoms with Crippen LogP contribution in [0.5, 0.6) is 0 Å². The van der Waals surface area contributed by atoms with Crippen LogP contribution in [0.4, 0.5) is 0 Å². The van der Waals surface area contributed by atoms with E-state index in [1.807, 2.05) is 31.2 Å². The lowest BCUT2D eigenvalue weighted by Gasteiger charge is -2.04. The number of aromatic amines is 1. The van der Waals surface area contributed by atoms with Crippen molar-refractivity contribution in [3.63, 3.8) is 0 Å². The van der Waals surface area contributed by atoms with Crippen molar-refractivity contribution in [2.75, 3.05) is 0 Å². The lowest BCUT2D eigenvalue weighted by atomic mass is 10.1. The Bertz CT molecular complexity index is 901. The van der Waals surface area contributed by atoms with Gasteiger partial charge in [-0.2, -0.15) is 10.1 Å². The molecule has 0 aliphatic rings. The number of nitrogens with one attached hydrogen (secondary N) is 1. The molecule has 0 aliphatic carbocycles. The third-order valence-corrected chi connectivity index (χ3v) is 3.54. The molecular weight excluding hydrogens is 278 g/mol. The molecule has 0 amide bonds. The SMILES string of the molecule is Cc1cc(-c2n[nH]c(S(N)(=O)=O)n2)c2ccccc2n1. The predicted octanol–water partition coefficient (Wildman–Crippen LogP) is 0.976. The van der Waals surface area contributed by atoms with Gasteiger partial charge in [-0.3, -0.25) is 4.98 Å². The predicted molar refractivity (Wildman–Crippen MR) is 73.2 cm³/mol. The Balaban J connectivity index is 2.27. The lowest BCUT2D eigenvalue weighted by molar-refractivity contribution is 0.589. The molecule has 0 saturated heterocycles. The average Bonchev–Trinajstić information content (AvgIpc) is 2.87. The third-order valence-electron chi connectivity index (χ3n) is 2.82. The van der Waals surface area contributed by atoms with Crippen molar-refractivity contribution in [2.45, 2.75) is 12.1 Å². The number of benzene rings is 1. The summed E-state index contributed by atoms with van der Waals surface area (Å²) < 4.78 is 22.5. The molecule has 8 heteroatoms. The highest BCUT2D eigenvalue weighted by atomic mass is 32.2. The maximum absolute atomic E-state index is 11.2. The zero-order valence-corrected chi connectivity index (χ0v) is 11.3. The van der Waals surface area contributed by atoms with Crippen molar-refractivity contribution >= 4 is 20.9 Å². The van der Waals surface area contributed by atoms with Crippen LogP contribution >= 0.6 is 0 Å². The number of fused-ring (bicyclic) bond motifs is 1. The Morgan fingerprint density at radius 3 is 2.65 bits per heavy atom. The fourth-order valence-electron chi connectivity index (χ4n) is 1.99. The summed E-state index contributed by atoms with van der Waals surface area (Å²) >= 11 is 0. The van der Waals surface area contributed by atoms with Gasteiger partial charge in [0, 0.05) is 16.6 Å². The minimum absolute atomic E-state index is 0.274. The van der Waals surface area contributed by atoms with E-state index in [1.54, 1.807) is 6.07 Å². The van der Waals surface area contributed by atoms with E-state index in [4.69, 9.17) is 5.14 Å². The first-order chi connectivity index (χ1) is 9.45. The number of rotatable bonds is 2. The van der Waals surface area contributed by atoms with Gasteiger partial charge in [0.25, 0.3) is 15.2 Å². The van der Waals surface area contributed by atoms with Gasteiger partial charge in [0.05, 0.1) is 5.52 Å². The number of primary sulfonamides is 1. The van der Waals surface area contributed by atoms with Crippen LogP contribution in [0.3, 0.4) is 0 Å². The molecule has 0 aliphatic heterocycles. The molecule has 3 rings (SSSR count). The lowest BCUT2D eigenvalue weighted by Crippen LogP contribution is -2.13. The highest BCUT2D eigenvalue weighted by Gasteiger charge is 2.16. The first-order valence-electron chi connectivity index (χ1n) is 5.77. The first-order valence-corrected chi connectivity index (χ1v) is 7.32. The Hall–Kier alpha value is -2.32. The van der Waals surface area contributed by atoms with Crippen LogP contribution in [0.15, 0.2) is 35.5 Å². The number of sulfonamides is 1. The summed E-state index contributed by atoms with van der Waals surface area (Å²) in [6, 6.07) is 9.31. The van der Waals surface area contributed by atoms with Crippen LogP contribution in [0.25, 0.3) is 22.3 Å². The normalized spacial score (nSPS) is 11.9. The smallest absolute Gasteiger partial charge is 0.253 e. The number of aryl methyl sites for hydroxylation is 1. The molecule has 0 spiro atoms. The second-order valence-electron chi connectivity index (χ2n) is 4.34. The number of pyridine rings is 1. The Morgan fingerprint density at radius 1 is 1.20 bits per heavy atom. The second kappa shape index (κ2) is 4.36. The zero-order valence-electron chi connectivity index (χ0n) is 10.5. The van der Waals surface area contributed by atoms with Crippen molar-refractivity contribution in [2.24, 2.45) is 5.14 Å². The Kier molecular flexibility index (Phi) is 2.77. The molecule has 3 aromatic rings. The number of nitrogens with zero attached hydrogens (tertiary/aromatic N) is 3. The van der Waals surface area contributed by atoms with Crippen LogP contribution in [0, 0.1) is 6.92 Å². The summed E-state index contributed by atoms with van der Waals surface area (Å²) in [4.78, 5) is 8.34. The number of nitrogens with two attached hydrogens (primary N) is 1. The largest absolute Gasteiger partial charge is 0.273 e. The molecule has 0 radical (unpaired) electrons. The molecule has 0 unspecified atom stereocenters. The van der Waals surface area contributed by atoms with Crippen molar-refractivity contribution in [3.8, 4) is 11.4 Å². The van der Waals surface area contributed by atoms with E-state index in [-0.39, 0.29) is 11.0 Å². The third kappa shape index (κ3) is 2.15. The molecule has 0 saturated carbocycles. The van der Waals surface area contributed by atoms with E-state index in [0.29, 0.717) is 5.56 Å². The van der Waals surface area contributed by atoms with Crippen LogP contribution < -0.4 is 5.14 Å². The van der Waals surface area contributed by atoms with Gasteiger partial charge < -0.3 is 0 Å². The molecule has 0 bridgehead atoms. The minimum Gasteiger partial charge on any atom is -0.253 e. The number of aromatic nitrogens is 4. The summed E-state index contributed by atoms with van der Waals surface area (Å²) in [5.74, 6) is 0.274. The number of hydrogen-bond acceptors (Lipinski definition) is 5. The minimum atomic E-state index is -3.90. The van der Waals surface area contributed by atoms with Crippen molar-refractivity contribution < 1.29 is 8.42 Å². The van der Waals surface area contributed by atoms with Crippen molar-refractivity contribution in [1.29, 1.82) is 0 Å². The van der Waals surface area contributed by atoms with Gasteiger partial charge in [-0.05, 0) is 19.1 Å². The Labute approximate surface area is 114 Å². The Morgan fingerprint density at radius 2 is 1.95 bits per heavy atom. The van der Waals surface area contributed by atoms with Crippen LogP contribution in [-0.4, -0.2) is 28.6 Å². The fraction of sp³-hybridized carbons (Fsp3) is 0.0833. The monoisotopic (exact) mass is 289 g/mol. The standard InChI is InChI=1S/C12H11N5O2S/c1-7-6-9(8-4-2-3-5-10(8)14-7)11-15-12(17-16-11)20(13,18)19/h2-6H,1H3,(H2,13,18,19)(H,15,16,17). The molecule has 102 valence electrons. The summed E-state index contributed by atoms with van der Waals surface area (Å²) in [7, 11) is -3.90. The highest BCUT2D eigenvalue weighted by Crippen LogP contribution is 2.26. The van der Waals surface area contributed by atoms with Gasteiger partial charge in [-0.15, -0.1) is 0 Å². The van der Waals surface area contributed by atoms with E-state index in [9.17, 15) is 8.42 Å². The van der Waals surface area contributed by atoms with Gasteiger partial charge in [-0.25, -0.2) is 18.7 Å². The summed E-state index contributed by atoms with van der Waals surface area (Å²) in [5.41, 5.74) is 2.30. The number of hydrogen-bond donors (Lipinski definition) is 2. The maximum Gasteiger partial charge on any atom is 0.273 e. The van der Waals surface area contributed by atoms with Gasteiger partial charge in [0.15, 0.2) is 5.82 Å². The summed E-state index contributed by atoms with van der Waals surface area (Å²) in [5, 5.41) is 11.8. The van der Waals surface area contributed by atoms with E-state index >= 15 is 0 Å². The average molecular weight is 289 g/mol. The molecule has 0 atom stereocenters. The van der Waals surface area contributed by atoms with Crippen LogP contribution in [0.2, 0.25) is 0 Å². The van der Waals surface area contributed by atoms with Crippen LogP contribution in [-0.2, 0) is 10.0 Å².